The SMILES string of the molecule is CN=C(NCc1ccc(CN2CCCC2=O)cc1)NC(C)c1ccc(OCC(C)C)cc1.I. The fourth-order valence-corrected chi connectivity index (χ4v) is 3.64. The molecule has 7 heteroatoms. The summed E-state index contributed by atoms with van der Waals surface area (Å²) in [4.78, 5) is 18.1. The normalized spacial score (nSPS) is 14.8. The van der Waals surface area contributed by atoms with Gasteiger partial charge in [0.25, 0.3) is 0 Å². The second-order valence-corrected chi connectivity index (χ2v) is 8.80. The molecule has 2 N–H and O–H groups in total. The molecular formula is C26H37IN4O2. The number of ether oxygens (including phenoxy) is 1. The number of hydrogen-bond acceptors (Lipinski definition) is 3. The molecule has 1 saturated heterocycles. The van der Waals surface area contributed by atoms with Crippen molar-refractivity contribution in [2.75, 3.05) is 20.2 Å². The first kappa shape index (κ1) is 27.0. The number of aliphatic imine (C=N–C) groups is 1. The van der Waals surface area contributed by atoms with Crippen molar-refractivity contribution in [3.8, 4) is 5.75 Å². The highest BCUT2D eigenvalue weighted by Crippen LogP contribution is 2.18. The van der Waals surface area contributed by atoms with Crippen molar-refractivity contribution in [3.63, 3.8) is 0 Å². The number of hydrogen-bond donors (Lipinski definition) is 2. The van der Waals surface area contributed by atoms with Crippen molar-refractivity contribution >= 4 is 35.8 Å². The maximum Gasteiger partial charge on any atom is 0.222 e. The zero-order valence-corrected chi connectivity index (χ0v) is 22.5. The molecule has 2 aromatic carbocycles. The van der Waals surface area contributed by atoms with Crippen LogP contribution < -0.4 is 15.4 Å². The summed E-state index contributed by atoms with van der Waals surface area (Å²) in [6.45, 7) is 9.38. The molecule has 1 amide bonds. The van der Waals surface area contributed by atoms with E-state index < -0.39 is 0 Å². The zero-order valence-electron chi connectivity index (χ0n) is 20.1. The highest BCUT2D eigenvalue weighted by atomic mass is 127. The molecule has 33 heavy (non-hydrogen) atoms. The van der Waals surface area contributed by atoms with Crippen LogP contribution in [0.1, 0.15) is 56.3 Å². The highest BCUT2D eigenvalue weighted by Gasteiger charge is 2.19. The molecule has 1 aliphatic heterocycles. The van der Waals surface area contributed by atoms with Gasteiger partial charge in [-0.2, -0.15) is 0 Å². The van der Waals surface area contributed by atoms with Gasteiger partial charge in [-0.1, -0.05) is 50.2 Å². The lowest BCUT2D eigenvalue weighted by atomic mass is 10.1. The smallest absolute Gasteiger partial charge is 0.222 e. The van der Waals surface area contributed by atoms with Crippen molar-refractivity contribution < 1.29 is 9.53 Å². The molecule has 1 aliphatic rings. The summed E-state index contributed by atoms with van der Waals surface area (Å²) in [5.41, 5.74) is 3.51. The Morgan fingerprint density at radius 1 is 1.06 bits per heavy atom. The minimum Gasteiger partial charge on any atom is -0.493 e. The Morgan fingerprint density at radius 3 is 2.30 bits per heavy atom. The lowest BCUT2D eigenvalue weighted by Crippen LogP contribution is -2.38. The Labute approximate surface area is 215 Å². The third-order valence-electron chi connectivity index (χ3n) is 5.57. The van der Waals surface area contributed by atoms with E-state index in [1.807, 2.05) is 17.0 Å². The predicted molar refractivity (Wildman–Crippen MR) is 145 cm³/mol. The number of guanidine groups is 1. The molecule has 1 atom stereocenters. The molecule has 0 radical (unpaired) electrons. The van der Waals surface area contributed by atoms with E-state index in [1.165, 1.54) is 16.7 Å². The van der Waals surface area contributed by atoms with Gasteiger partial charge in [0.1, 0.15) is 5.75 Å². The van der Waals surface area contributed by atoms with Crippen LogP contribution in [0.25, 0.3) is 0 Å². The van der Waals surface area contributed by atoms with Crippen molar-refractivity contribution in [2.24, 2.45) is 10.9 Å². The maximum absolute atomic E-state index is 11.8. The van der Waals surface area contributed by atoms with Crippen molar-refractivity contribution in [3.05, 3.63) is 65.2 Å². The zero-order chi connectivity index (χ0) is 22.9. The fraction of sp³-hybridized carbons (Fsp3) is 0.462. The molecule has 1 unspecified atom stereocenters. The van der Waals surface area contributed by atoms with Crippen LogP contribution in [0.2, 0.25) is 0 Å². The Bertz CT molecular complexity index is 898. The summed E-state index contributed by atoms with van der Waals surface area (Å²) in [5.74, 6) is 2.42. The van der Waals surface area contributed by atoms with Crippen molar-refractivity contribution in [1.82, 2.24) is 15.5 Å². The summed E-state index contributed by atoms with van der Waals surface area (Å²) in [6.07, 6.45) is 1.66. The van der Waals surface area contributed by atoms with Crippen LogP contribution in [0.4, 0.5) is 0 Å². The standard InChI is InChI=1S/C26H36N4O2.HI/c1-19(2)18-32-24-13-11-23(12-14-24)20(3)29-26(27-4)28-16-21-7-9-22(10-8-21)17-30-15-5-6-25(30)31;/h7-14,19-20H,5-6,15-18H2,1-4H3,(H2,27,28,29);1H. The van der Waals surface area contributed by atoms with E-state index in [-0.39, 0.29) is 35.9 Å². The van der Waals surface area contributed by atoms with E-state index >= 15 is 0 Å². The van der Waals surface area contributed by atoms with Gasteiger partial charge < -0.3 is 20.3 Å². The first-order chi connectivity index (χ1) is 15.4. The van der Waals surface area contributed by atoms with E-state index in [9.17, 15) is 4.79 Å². The number of amides is 1. The fourth-order valence-electron chi connectivity index (χ4n) is 3.64. The van der Waals surface area contributed by atoms with Gasteiger partial charge in [0, 0.05) is 33.1 Å². The Kier molecular flexibility index (Phi) is 11.0. The number of benzene rings is 2. The van der Waals surface area contributed by atoms with E-state index in [4.69, 9.17) is 4.74 Å². The molecule has 0 spiro atoms. The number of nitrogens with zero attached hydrogens (tertiary/aromatic N) is 2. The second kappa shape index (κ2) is 13.4. The molecule has 180 valence electrons. The van der Waals surface area contributed by atoms with Crippen LogP contribution in [0.5, 0.6) is 5.75 Å². The van der Waals surface area contributed by atoms with E-state index in [0.717, 1.165) is 31.3 Å². The quantitative estimate of drug-likeness (QED) is 0.259. The van der Waals surface area contributed by atoms with Crippen molar-refractivity contribution in [1.29, 1.82) is 0 Å². The number of nitrogens with one attached hydrogen (secondary N) is 2. The Hall–Kier alpha value is -2.29. The van der Waals surface area contributed by atoms with Gasteiger partial charge in [-0.05, 0) is 48.1 Å². The van der Waals surface area contributed by atoms with Crippen LogP contribution in [0.15, 0.2) is 53.5 Å². The minimum atomic E-state index is 0. The van der Waals surface area contributed by atoms with Crippen LogP contribution in [-0.2, 0) is 17.9 Å². The molecule has 1 fully saturated rings. The number of likely N-dealkylation sites (tertiary alicyclic amines) is 1. The first-order valence-electron chi connectivity index (χ1n) is 11.5. The highest BCUT2D eigenvalue weighted by molar-refractivity contribution is 14.0. The summed E-state index contributed by atoms with van der Waals surface area (Å²) >= 11 is 0. The molecular weight excluding hydrogens is 527 g/mol. The van der Waals surface area contributed by atoms with Crippen LogP contribution in [0.3, 0.4) is 0 Å². The van der Waals surface area contributed by atoms with Gasteiger partial charge in [0.2, 0.25) is 5.91 Å². The van der Waals surface area contributed by atoms with E-state index in [0.29, 0.717) is 25.4 Å². The largest absolute Gasteiger partial charge is 0.493 e. The van der Waals surface area contributed by atoms with E-state index in [1.54, 1.807) is 7.05 Å². The molecule has 0 aromatic heterocycles. The van der Waals surface area contributed by atoms with Crippen LogP contribution in [0, 0.1) is 5.92 Å². The van der Waals surface area contributed by atoms with Gasteiger partial charge in [0.05, 0.1) is 12.6 Å². The molecule has 0 saturated carbocycles. The minimum absolute atomic E-state index is 0. The predicted octanol–water partition coefficient (Wildman–Crippen LogP) is 4.89. The third-order valence-corrected chi connectivity index (χ3v) is 5.57. The molecule has 1 heterocycles. The summed E-state index contributed by atoms with van der Waals surface area (Å²) in [7, 11) is 1.78. The molecule has 3 rings (SSSR count). The number of halogens is 1. The Morgan fingerprint density at radius 2 is 1.73 bits per heavy atom. The topological polar surface area (TPSA) is 66.0 Å². The van der Waals surface area contributed by atoms with Gasteiger partial charge >= 0.3 is 0 Å². The monoisotopic (exact) mass is 564 g/mol. The molecule has 6 nitrogen and oxygen atoms in total. The molecule has 2 aromatic rings. The first-order valence-corrected chi connectivity index (χ1v) is 11.5. The summed E-state index contributed by atoms with van der Waals surface area (Å²) in [6, 6.07) is 16.7. The average Bonchev–Trinajstić information content (AvgIpc) is 3.20. The van der Waals surface area contributed by atoms with Gasteiger partial charge in [-0.3, -0.25) is 9.79 Å². The average molecular weight is 565 g/mol. The Balaban J connectivity index is 0.00000385. The lowest BCUT2D eigenvalue weighted by molar-refractivity contribution is -0.128. The third kappa shape index (κ3) is 8.53. The number of rotatable bonds is 9. The van der Waals surface area contributed by atoms with E-state index in [2.05, 4.69) is 72.8 Å². The number of carbonyl (C=O) groups is 1. The van der Waals surface area contributed by atoms with Crippen LogP contribution in [-0.4, -0.2) is 37.0 Å². The summed E-state index contributed by atoms with van der Waals surface area (Å²) < 4.78 is 5.77. The van der Waals surface area contributed by atoms with Gasteiger partial charge in [0.15, 0.2) is 5.96 Å². The maximum atomic E-state index is 11.8. The van der Waals surface area contributed by atoms with Gasteiger partial charge in [-0.25, -0.2) is 0 Å². The molecule has 0 bridgehead atoms. The van der Waals surface area contributed by atoms with Crippen molar-refractivity contribution in [2.45, 2.75) is 52.7 Å². The number of carbonyl (C=O) groups excluding carboxylic acids is 1. The van der Waals surface area contributed by atoms with Gasteiger partial charge in [-0.15, -0.1) is 24.0 Å². The van der Waals surface area contributed by atoms with Crippen LogP contribution >= 0.6 is 24.0 Å². The molecule has 0 aliphatic carbocycles. The lowest BCUT2D eigenvalue weighted by Gasteiger charge is -2.19. The second-order valence-electron chi connectivity index (χ2n) is 8.80. The summed E-state index contributed by atoms with van der Waals surface area (Å²) in [5, 5.41) is 6.82.